The number of anilines is 1. The summed E-state index contributed by atoms with van der Waals surface area (Å²) in [5.74, 6) is 0. The van der Waals surface area contributed by atoms with Crippen molar-refractivity contribution in [1.82, 2.24) is 0 Å². The summed E-state index contributed by atoms with van der Waals surface area (Å²) in [5.41, 5.74) is 3.70. The van der Waals surface area contributed by atoms with Gasteiger partial charge in [0.2, 0.25) is 0 Å². The van der Waals surface area contributed by atoms with Gasteiger partial charge in [-0.1, -0.05) is 23.3 Å². The van der Waals surface area contributed by atoms with Crippen LogP contribution in [0.2, 0.25) is 5.02 Å². The van der Waals surface area contributed by atoms with Crippen LogP contribution >= 0.6 is 11.6 Å². The van der Waals surface area contributed by atoms with E-state index in [1.54, 1.807) is 0 Å². The van der Waals surface area contributed by atoms with Gasteiger partial charge < -0.3 is 5.32 Å². The van der Waals surface area contributed by atoms with Gasteiger partial charge in [0.15, 0.2) is 0 Å². The minimum absolute atomic E-state index is 0.793. The summed E-state index contributed by atoms with van der Waals surface area (Å²) in [6, 6.07) is 5.90. The maximum absolute atomic E-state index is 5.87. The fraction of sp³-hybridized carbons (Fsp3) is 0.200. The lowest BCUT2D eigenvalue weighted by Gasteiger charge is -2.16. The van der Waals surface area contributed by atoms with E-state index in [0.29, 0.717) is 0 Å². The second-order valence-electron chi connectivity index (χ2n) is 3.08. The number of nitrogens with one attached hydrogen (secondary N) is 1. The van der Waals surface area contributed by atoms with E-state index in [1.165, 1.54) is 16.8 Å². The molecule has 1 aromatic rings. The van der Waals surface area contributed by atoms with Crippen molar-refractivity contribution in [1.29, 1.82) is 0 Å². The molecule has 1 aromatic carbocycles. The number of rotatable bonds is 0. The van der Waals surface area contributed by atoms with Gasteiger partial charge in [-0.2, -0.15) is 0 Å². The van der Waals surface area contributed by atoms with Crippen molar-refractivity contribution in [2.75, 3.05) is 11.9 Å². The topological polar surface area (TPSA) is 12.0 Å². The van der Waals surface area contributed by atoms with E-state index < -0.39 is 0 Å². The van der Waals surface area contributed by atoms with Crippen molar-refractivity contribution in [3.63, 3.8) is 0 Å². The van der Waals surface area contributed by atoms with Gasteiger partial charge in [0, 0.05) is 17.3 Å². The van der Waals surface area contributed by atoms with Gasteiger partial charge in [-0.25, -0.2) is 0 Å². The van der Waals surface area contributed by atoms with E-state index >= 15 is 0 Å². The first-order valence-corrected chi connectivity index (χ1v) is 4.34. The predicted molar refractivity (Wildman–Crippen MR) is 53.6 cm³/mol. The van der Waals surface area contributed by atoms with E-state index in [9.17, 15) is 0 Å². The Labute approximate surface area is 77.0 Å². The van der Waals surface area contributed by atoms with Gasteiger partial charge in [0.05, 0.1) is 0 Å². The Morgan fingerprint density at radius 2 is 2.25 bits per heavy atom. The summed E-state index contributed by atoms with van der Waals surface area (Å²) in [6.07, 6.45) is 2.16. The number of hydrogen-bond donors (Lipinski definition) is 1. The minimum Gasteiger partial charge on any atom is -0.381 e. The van der Waals surface area contributed by atoms with Crippen LogP contribution in [-0.2, 0) is 0 Å². The van der Waals surface area contributed by atoms with Crippen LogP contribution in [0.5, 0.6) is 0 Å². The Kier molecular flexibility index (Phi) is 1.81. The van der Waals surface area contributed by atoms with Crippen LogP contribution < -0.4 is 5.32 Å². The van der Waals surface area contributed by atoms with Crippen molar-refractivity contribution in [3.05, 3.63) is 34.4 Å². The molecule has 0 aromatic heterocycles. The molecule has 2 rings (SSSR count). The van der Waals surface area contributed by atoms with Crippen LogP contribution in [0.1, 0.15) is 12.5 Å². The summed E-state index contributed by atoms with van der Waals surface area (Å²) < 4.78 is 0. The monoisotopic (exact) mass is 179 g/mol. The molecule has 0 amide bonds. The Morgan fingerprint density at radius 1 is 1.42 bits per heavy atom. The Hall–Kier alpha value is -0.950. The highest BCUT2D eigenvalue weighted by Gasteiger charge is 2.05. The average molecular weight is 180 g/mol. The number of hydrogen-bond acceptors (Lipinski definition) is 1. The van der Waals surface area contributed by atoms with Gasteiger partial charge in [0.1, 0.15) is 0 Å². The van der Waals surface area contributed by atoms with Crippen LogP contribution in [0.25, 0.3) is 6.08 Å². The number of halogens is 1. The maximum atomic E-state index is 5.87. The predicted octanol–water partition coefficient (Wildman–Crippen LogP) is 3.17. The first-order valence-electron chi connectivity index (χ1n) is 3.96. The van der Waals surface area contributed by atoms with Crippen LogP contribution in [0, 0.1) is 0 Å². The SMILES string of the molecule is CC1=Cc2cc(Cl)ccc2NC1. The molecule has 0 spiro atoms. The van der Waals surface area contributed by atoms with Crippen LogP contribution in [-0.4, -0.2) is 6.54 Å². The first-order chi connectivity index (χ1) is 5.75. The van der Waals surface area contributed by atoms with Crippen molar-refractivity contribution in [2.24, 2.45) is 0 Å². The fourth-order valence-corrected chi connectivity index (χ4v) is 1.55. The van der Waals surface area contributed by atoms with Gasteiger partial charge in [-0.15, -0.1) is 0 Å². The molecule has 1 aliphatic rings. The second-order valence-corrected chi connectivity index (χ2v) is 3.51. The fourth-order valence-electron chi connectivity index (χ4n) is 1.37. The zero-order chi connectivity index (χ0) is 8.55. The molecule has 0 fully saturated rings. The van der Waals surface area contributed by atoms with Gasteiger partial charge >= 0.3 is 0 Å². The lowest BCUT2D eigenvalue weighted by molar-refractivity contribution is 1.19. The van der Waals surface area contributed by atoms with Crippen molar-refractivity contribution in [3.8, 4) is 0 Å². The molecule has 0 unspecified atom stereocenters. The third-order valence-corrected chi connectivity index (χ3v) is 2.21. The smallest absolute Gasteiger partial charge is 0.0417 e. The molecule has 1 nitrogen and oxygen atoms in total. The zero-order valence-corrected chi connectivity index (χ0v) is 7.65. The summed E-state index contributed by atoms with van der Waals surface area (Å²) in [6.45, 7) is 3.05. The van der Waals surface area contributed by atoms with E-state index in [-0.39, 0.29) is 0 Å². The summed E-state index contributed by atoms with van der Waals surface area (Å²) in [5, 5.41) is 4.11. The third kappa shape index (κ3) is 1.32. The van der Waals surface area contributed by atoms with Crippen molar-refractivity contribution < 1.29 is 0 Å². The maximum Gasteiger partial charge on any atom is 0.0417 e. The first kappa shape index (κ1) is 7.69. The summed E-state index contributed by atoms with van der Waals surface area (Å²) in [7, 11) is 0. The van der Waals surface area contributed by atoms with Crippen LogP contribution in [0.4, 0.5) is 5.69 Å². The van der Waals surface area contributed by atoms with E-state index in [2.05, 4.69) is 18.3 Å². The highest BCUT2D eigenvalue weighted by molar-refractivity contribution is 6.30. The molecule has 12 heavy (non-hydrogen) atoms. The molecule has 1 aliphatic heterocycles. The number of benzene rings is 1. The highest BCUT2D eigenvalue weighted by atomic mass is 35.5. The van der Waals surface area contributed by atoms with Gasteiger partial charge in [-0.05, 0) is 30.7 Å². The standard InChI is InChI=1S/C10H10ClN/c1-7-4-8-5-9(11)2-3-10(8)12-6-7/h2-5,12H,6H2,1H3. The number of fused-ring (bicyclic) bond motifs is 1. The molecular weight excluding hydrogens is 170 g/mol. The average Bonchev–Trinajstić information content (AvgIpc) is 2.03. The largest absolute Gasteiger partial charge is 0.381 e. The van der Waals surface area contributed by atoms with Crippen molar-refractivity contribution >= 4 is 23.4 Å². The Morgan fingerprint density at radius 3 is 3.08 bits per heavy atom. The molecule has 1 N–H and O–H groups in total. The van der Waals surface area contributed by atoms with Crippen LogP contribution in [0.15, 0.2) is 23.8 Å². The van der Waals surface area contributed by atoms with Gasteiger partial charge in [-0.3, -0.25) is 0 Å². The Bertz CT molecular complexity index is 342. The van der Waals surface area contributed by atoms with Gasteiger partial charge in [0.25, 0.3) is 0 Å². The minimum atomic E-state index is 0.793. The molecule has 0 aliphatic carbocycles. The molecule has 0 atom stereocenters. The molecule has 2 heteroatoms. The van der Waals surface area contributed by atoms with E-state index in [0.717, 1.165) is 11.6 Å². The van der Waals surface area contributed by atoms with Crippen LogP contribution in [0.3, 0.4) is 0 Å². The molecular formula is C10H10ClN. The second kappa shape index (κ2) is 2.83. The molecule has 0 radical (unpaired) electrons. The quantitative estimate of drug-likeness (QED) is 0.645. The zero-order valence-electron chi connectivity index (χ0n) is 6.89. The Balaban J connectivity index is 2.53. The summed E-state index contributed by atoms with van der Waals surface area (Å²) in [4.78, 5) is 0. The molecule has 62 valence electrons. The molecule has 0 saturated carbocycles. The summed E-state index contributed by atoms with van der Waals surface area (Å²) >= 11 is 5.87. The third-order valence-electron chi connectivity index (χ3n) is 1.97. The molecule has 1 heterocycles. The molecule has 0 bridgehead atoms. The lowest BCUT2D eigenvalue weighted by Crippen LogP contribution is -2.08. The highest BCUT2D eigenvalue weighted by Crippen LogP contribution is 2.26. The van der Waals surface area contributed by atoms with E-state index in [4.69, 9.17) is 11.6 Å². The van der Waals surface area contributed by atoms with E-state index in [1.807, 2.05) is 18.2 Å². The van der Waals surface area contributed by atoms with Crippen molar-refractivity contribution in [2.45, 2.75) is 6.92 Å². The lowest BCUT2D eigenvalue weighted by atomic mass is 10.1. The normalized spacial score (nSPS) is 14.7. The molecule has 0 saturated heterocycles.